The number of nitrogens with zero attached hydrogens (tertiary/aromatic N) is 3. The number of rotatable bonds is 9. The molecule has 0 saturated heterocycles. The number of hydrogen-bond donors (Lipinski definition) is 2. The van der Waals surface area contributed by atoms with E-state index in [0.29, 0.717) is 18.8 Å². The number of pyridine rings is 1. The van der Waals surface area contributed by atoms with Crippen molar-refractivity contribution in [2.24, 2.45) is 0 Å². The molecule has 0 spiro atoms. The Morgan fingerprint density at radius 1 is 0.971 bits per heavy atom. The van der Waals surface area contributed by atoms with Gasteiger partial charge in [0.1, 0.15) is 12.4 Å². The van der Waals surface area contributed by atoms with Gasteiger partial charge >= 0.3 is 11.9 Å². The number of hydrogen-bond acceptors (Lipinski definition) is 5. The van der Waals surface area contributed by atoms with Gasteiger partial charge in [0.05, 0.1) is 11.2 Å². The molecule has 8 nitrogen and oxygen atoms in total. The third-order valence-corrected chi connectivity index (χ3v) is 4.91. The predicted octanol–water partition coefficient (Wildman–Crippen LogP) is 5.01. The van der Waals surface area contributed by atoms with Crippen LogP contribution < -0.4 is 9.75 Å². The maximum atomic E-state index is 9.55. The standard InChI is InChI=1S/C23H23N3O.C4H4O4/c1-2-15-25(21-10-13-24-14-11-21)26-16-12-20-17-22(8-9-23(20)26)27-18-19-6-4-3-5-7-19;5-3(6)1-2-4(7)8/h3-14,16-17H,2,15,18H2,1H3;1-2H,(H,5,6)(H,7,8). The molecule has 180 valence electrons. The highest BCUT2D eigenvalue weighted by Crippen LogP contribution is 2.25. The molecule has 0 aliphatic carbocycles. The van der Waals surface area contributed by atoms with E-state index in [4.69, 9.17) is 14.9 Å². The largest absolute Gasteiger partial charge is 0.489 e. The van der Waals surface area contributed by atoms with Gasteiger partial charge in [-0.2, -0.15) is 0 Å². The second-order valence-electron chi connectivity index (χ2n) is 7.49. The second-order valence-corrected chi connectivity index (χ2v) is 7.49. The van der Waals surface area contributed by atoms with Gasteiger partial charge in [-0.05, 0) is 48.4 Å². The second kappa shape index (κ2) is 12.6. The molecule has 0 fully saturated rings. The van der Waals surface area contributed by atoms with Crippen molar-refractivity contribution < 1.29 is 24.5 Å². The Balaban J connectivity index is 0.000000371. The van der Waals surface area contributed by atoms with Crippen LogP contribution in [0.2, 0.25) is 0 Å². The summed E-state index contributed by atoms with van der Waals surface area (Å²) in [5.74, 6) is -1.63. The van der Waals surface area contributed by atoms with Crippen LogP contribution in [0, 0.1) is 0 Å². The third kappa shape index (κ3) is 7.46. The van der Waals surface area contributed by atoms with Crippen LogP contribution in [0.15, 0.2) is 97.5 Å². The van der Waals surface area contributed by atoms with E-state index < -0.39 is 11.9 Å². The number of carboxylic acids is 2. The summed E-state index contributed by atoms with van der Waals surface area (Å²) in [5, 5.41) is 19.1. The molecule has 0 aliphatic heterocycles. The van der Waals surface area contributed by atoms with Crippen LogP contribution in [0.1, 0.15) is 18.9 Å². The minimum absolute atomic E-state index is 0.558. The summed E-state index contributed by atoms with van der Waals surface area (Å²) in [6, 6.07) is 22.7. The summed E-state index contributed by atoms with van der Waals surface area (Å²) < 4.78 is 8.17. The van der Waals surface area contributed by atoms with Crippen molar-refractivity contribution in [3.63, 3.8) is 0 Å². The van der Waals surface area contributed by atoms with E-state index >= 15 is 0 Å². The van der Waals surface area contributed by atoms with Gasteiger partial charge < -0.3 is 14.9 Å². The first kappa shape index (κ1) is 25.0. The summed E-state index contributed by atoms with van der Waals surface area (Å²) >= 11 is 0. The fourth-order valence-electron chi connectivity index (χ4n) is 3.38. The molecule has 2 heterocycles. The maximum absolute atomic E-state index is 9.55. The van der Waals surface area contributed by atoms with E-state index in [9.17, 15) is 9.59 Å². The van der Waals surface area contributed by atoms with Crippen LogP contribution >= 0.6 is 0 Å². The van der Waals surface area contributed by atoms with Gasteiger partial charge in [0.15, 0.2) is 0 Å². The highest BCUT2D eigenvalue weighted by Gasteiger charge is 2.11. The molecular weight excluding hydrogens is 446 g/mol. The van der Waals surface area contributed by atoms with Crippen molar-refractivity contribution in [1.29, 1.82) is 0 Å². The number of fused-ring (bicyclic) bond motifs is 1. The molecule has 0 saturated carbocycles. The van der Waals surface area contributed by atoms with E-state index in [1.54, 1.807) is 0 Å². The minimum atomic E-state index is -1.26. The number of carboxylic acid groups (broad SMARTS) is 2. The molecule has 0 radical (unpaired) electrons. The third-order valence-electron chi connectivity index (χ3n) is 4.91. The molecule has 0 amide bonds. The Hall–Kier alpha value is -4.59. The Morgan fingerprint density at radius 2 is 1.66 bits per heavy atom. The van der Waals surface area contributed by atoms with E-state index in [1.165, 1.54) is 5.56 Å². The van der Waals surface area contributed by atoms with E-state index in [2.05, 4.69) is 58.1 Å². The first-order chi connectivity index (χ1) is 17.0. The summed E-state index contributed by atoms with van der Waals surface area (Å²) in [7, 11) is 0. The molecule has 0 atom stereocenters. The van der Waals surface area contributed by atoms with Crippen molar-refractivity contribution in [2.75, 3.05) is 11.6 Å². The predicted molar refractivity (Wildman–Crippen MR) is 134 cm³/mol. The average Bonchev–Trinajstić information content (AvgIpc) is 3.29. The number of benzene rings is 2. The molecule has 8 heteroatoms. The molecular formula is C27H27N3O5. The zero-order chi connectivity index (χ0) is 25.0. The van der Waals surface area contributed by atoms with Crippen LogP contribution in [0.25, 0.3) is 10.9 Å². The van der Waals surface area contributed by atoms with E-state index in [-0.39, 0.29) is 0 Å². The van der Waals surface area contributed by atoms with E-state index in [0.717, 1.165) is 35.3 Å². The van der Waals surface area contributed by atoms with Crippen molar-refractivity contribution >= 4 is 28.5 Å². The zero-order valence-electron chi connectivity index (χ0n) is 19.3. The lowest BCUT2D eigenvalue weighted by molar-refractivity contribution is -0.134. The molecule has 2 aromatic heterocycles. The first-order valence-corrected chi connectivity index (χ1v) is 11.1. The normalized spacial score (nSPS) is 10.5. The number of aromatic nitrogens is 2. The van der Waals surface area contributed by atoms with E-state index in [1.807, 2.05) is 48.8 Å². The Labute approximate surface area is 203 Å². The lowest BCUT2D eigenvalue weighted by Crippen LogP contribution is -2.29. The highest BCUT2D eigenvalue weighted by atomic mass is 16.5. The lowest BCUT2D eigenvalue weighted by Gasteiger charge is -2.26. The fraction of sp³-hybridized carbons (Fsp3) is 0.148. The van der Waals surface area contributed by atoms with Gasteiger partial charge in [0.2, 0.25) is 0 Å². The molecule has 4 rings (SSSR count). The number of ether oxygens (including phenoxy) is 1. The highest BCUT2D eigenvalue weighted by molar-refractivity contribution is 5.89. The molecule has 0 bridgehead atoms. The van der Waals surface area contributed by atoms with Crippen molar-refractivity contribution in [3.8, 4) is 5.75 Å². The Morgan fingerprint density at radius 3 is 2.29 bits per heavy atom. The number of carbonyl (C=O) groups is 2. The van der Waals surface area contributed by atoms with Gasteiger partial charge in [0.25, 0.3) is 0 Å². The fourth-order valence-corrected chi connectivity index (χ4v) is 3.38. The summed E-state index contributed by atoms with van der Waals surface area (Å²) in [4.78, 5) is 23.2. The quantitative estimate of drug-likeness (QED) is 0.329. The van der Waals surface area contributed by atoms with Gasteiger partial charge in [-0.3, -0.25) is 14.7 Å². The monoisotopic (exact) mass is 473 g/mol. The van der Waals surface area contributed by atoms with Crippen LogP contribution in [-0.4, -0.2) is 38.4 Å². The molecule has 0 unspecified atom stereocenters. The topological polar surface area (TPSA) is 105 Å². The van der Waals surface area contributed by atoms with Crippen LogP contribution in [-0.2, 0) is 16.2 Å². The summed E-state index contributed by atoms with van der Waals surface area (Å²) in [5.41, 5.74) is 3.46. The molecule has 4 aromatic rings. The zero-order valence-corrected chi connectivity index (χ0v) is 19.3. The maximum Gasteiger partial charge on any atom is 0.328 e. The summed E-state index contributed by atoms with van der Waals surface area (Å²) in [6.45, 7) is 3.70. The van der Waals surface area contributed by atoms with Crippen LogP contribution in [0.5, 0.6) is 5.75 Å². The smallest absolute Gasteiger partial charge is 0.328 e. The SMILES string of the molecule is CCCN(c1ccncc1)n1ccc2cc(OCc3ccccc3)ccc21.O=C(O)C=CC(=O)O. The minimum Gasteiger partial charge on any atom is -0.489 e. The van der Waals surface area contributed by atoms with Gasteiger partial charge in [-0.25, -0.2) is 9.59 Å². The van der Waals surface area contributed by atoms with Gasteiger partial charge in [-0.15, -0.1) is 0 Å². The van der Waals surface area contributed by atoms with Gasteiger partial charge in [-0.1, -0.05) is 37.3 Å². The van der Waals surface area contributed by atoms with Crippen molar-refractivity contribution in [3.05, 3.63) is 103 Å². The Kier molecular flexibility index (Phi) is 9.01. The molecule has 2 N–H and O–H groups in total. The first-order valence-electron chi connectivity index (χ1n) is 11.1. The lowest BCUT2D eigenvalue weighted by atomic mass is 10.2. The number of aliphatic carboxylic acids is 2. The number of anilines is 1. The summed E-state index contributed by atoms with van der Waals surface area (Å²) in [6.07, 6.45) is 7.95. The van der Waals surface area contributed by atoms with Crippen LogP contribution in [0.3, 0.4) is 0 Å². The van der Waals surface area contributed by atoms with Crippen LogP contribution in [0.4, 0.5) is 5.69 Å². The van der Waals surface area contributed by atoms with Crippen molar-refractivity contribution in [1.82, 2.24) is 9.66 Å². The molecule has 35 heavy (non-hydrogen) atoms. The average molecular weight is 474 g/mol. The van der Waals surface area contributed by atoms with Gasteiger partial charge in [0, 0.05) is 42.7 Å². The molecule has 0 aliphatic rings. The van der Waals surface area contributed by atoms with Crippen molar-refractivity contribution in [2.45, 2.75) is 20.0 Å². The Bertz CT molecular complexity index is 1250. The molecule has 2 aromatic carbocycles.